The summed E-state index contributed by atoms with van der Waals surface area (Å²) < 4.78 is 1.05. The molecule has 0 radical (unpaired) electrons. The standard InChI is InChI=1S/C12H13NO2S/c1-7(14)11(8(2)15)12-13-9-5-3-4-6-10(9)16-12/h3-7,11,14H,1-2H3. The molecule has 2 unspecified atom stereocenters. The van der Waals surface area contributed by atoms with Crippen LogP contribution in [0.15, 0.2) is 24.3 Å². The fourth-order valence-electron chi connectivity index (χ4n) is 1.74. The molecule has 4 heteroatoms. The van der Waals surface area contributed by atoms with Gasteiger partial charge in [0.25, 0.3) is 0 Å². The number of carbonyl (C=O) groups excluding carboxylic acids is 1. The molecule has 0 amide bonds. The Morgan fingerprint density at radius 2 is 2.12 bits per heavy atom. The van der Waals surface area contributed by atoms with Gasteiger partial charge in [0, 0.05) is 0 Å². The number of para-hydroxylation sites is 1. The molecular weight excluding hydrogens is 222 g/mol. The maximum Gasteiger partial charge on any atom is 0.142 e. The van der Waals surface area contributed by atoms with Crippen molar-refractivity contribution in [3.63, 3.8) is 0 Å². The molecule has 3 nitrogen and oxygen atoms in total. The summed E-state index contributed by atoms with van der Waals surface area (Å²) in [4.78, 5) is 15.9. The predicted octanol–water partition coefficient (Wildman–Crippen LogP) is 2.35. The number of ketones is 1. The molecule has 1 N–H and O–H groups in total. The van der Waals surface area contributed by atoms with Gasteiger partial charge < -0.3 is 5.11 Å². The lowest BCUT2D eigenvalue weighted by molar-refractivity contribution is -0.120. The Bertz CT molecular complexity index is 485. The van der Waals surface area contributed by atoms with Crippen LogP contribution in [0.1, 0.15) is 24.8 Å². The summed E-state index contributed by atoms with van der Waals surface area (Å²) in [6.45, 7) is 3.11. The second-order valence-corrected chi connectivity index (χ2v) is 4.91. The number of benzene rings is 1. The molecule has 0 spiro atoms. The molecule has 1 aromatic heterocycles. The first-order valence-corrected chi connectivity index (χ1v) is 5.95. The summed E-state index contributed by atoms with van der Waals surface area (Å²) in [6, 6.07) is 7.73. The van der Waals surface area contributed by atoms with E-state index in [1.165, 1.54) is 18.3 Å². The zero-order valence-electron chi connectivity index (χ0n) is 9.18. The quantitative estimate of drug-likeness (QED) is 0.888. The highest BCUT2D eigenvalue weighted by Crippen LogP contribution is 2.29. The van der Waals surface area contributed by atoms with Crippen LogP contribution in [-0.2, 0) is 4.79 Å². The van der Waals surface area contributed by atoms with Gasteiger partial charge in [0.1, 0.15) is 10.8 Å². The first-order valence-electron chi connectivity index (χ1n) is 5.13. The van der Waals surface area contributed by atoms with Crippen molar-refractivity contribution < 1.29 is 9.90 Å². The van der Waals surface area contributed by atoms with E-state index in [1.807, 2.05) is 24.3 Å². The summed E-state index contributed by atoms with van der Waals surface area (Å²) in [7, 11) is 0. The van der Waals surface area contributed by atoms with E-state index < -0.39 is 12.0 Å². The molecule has 2 aromatic rings. The van der Waals surface area contributed by atoms with E-state index in [-0.39, 0.29) is 5.78 Å². The summed E-state index contributed by atoms with van der Waals surface area (Å²) in [5.74, 6) is -0.550. The fourth-order valence-corrected chi connectivity index (χ4v) is 2.97. The molecule has 0 aliphatic carbocycles. The number of fused-ring (bicyclic) bond motifs is 1. The summed E-state index contributed by atoms with van der Waals surface area (Å²) in [5, 5.41) is 10.3. The van der Waals surface area contributed by atoms with Gasteiger partial charge in [-0.2, -0.15) is 0 Å². The number of hydrogen-bond donors (Lipinski definition) is 1. The number of aliphatic hydroxyl groups excluding tert-OH is 1. The zero-order chi connectivity index (χ0) is 11.7. The van der Waals surface area contributed by atoms with E-state index in [4.69, 9.17) is 0 Å². The first-order chi connectivity index (χ1) is 7.59. The van der Waals surface area contributed by atoms with Gasteiger partial charge in [0.15, 0.2) is 0 Å². The highest BCUT2D eigenvalue weighted by atomic mass is 32.1. The van der Waals surface area contributed by atoms with Crippen molar-refractivity contribution in [2.75, 3.05) is 0 Å². The van der Waals surface area contributed by atoms with Crippen molar-refractivity contribution >= 4 is 27.3 Å². The van der Waals surface area contributed by atoms with Crippen LogP contribution >= 0.6 is 11.3 Å². The van der Waals surface area contributed by atoms with E-state index in [2.05, 4.69) is 4.98 Å². The Labute approximate surface area is 97.8 Å². The number of aliphatic hydroxyl groups is 1. The molecule has 2 rings (SSSR count). The topological polar surface area (TPSA) is 50.2 Å². The maximum absolute atomic E-state index is 11.5. The van der Waals surface area contributed by atoms with Crippen LogP contribution in [0, 0.1) is 0 Å². The Kier molecular flexibility index (Phi) is 3.03. The Morgan fingerprint density at radius 1 is 1.44 bits per heavy atom. The summed E-state index contributed by atoms with van der Waals surface area (Å²) >= 11 is 1.47. The number of hydrogen-bond acceptors (Lipinski definition) is 4. The van der Waals surface area contributed by atoms with Gasteiger partial charge in [0.05, 0.1) is 22.2 Å². The number of Topliss-reactive ketones (excluding diaryl/α,β-unsaturated/α-hetero) is 1. The molecule has 2 atom stereocenters. The minimum absolute atomic E-state index is 0.0472. The second-order valence-electron chi connectivity index (χ2n) is 3.85. The average Bonchev–Trinajstić information content (AvgIpc) is 2.58. The maximum atomic E-state index is 11.5. The van der Waals surface area contributed by atoms with Gasteiger partial charge in [-0.1, -0.05) is 12.1 Å². The van der Waals surface area contributed by atoms with Gasteiger partial charge in [-0.05, 0) is 26.0 Å². The molecule has 1 aromatic carbocycles. The molecule has 84 valence electrons. The Balaban J connectivity index is 2.49. The summed E-state index contributed by atoms with van der Waals surface area (Å²) in [6.07, 6.45) is -0.696. The molecule has 16 heavy (non-hydrogen) atoms. The lowest BCUT2D eigenvalue weighted by Crippen LogP contribution is -2.21. The van der Waals surface area contributed by atoms with Crippen molar-refractivity contribution in [3.05, 3.63) is 29.3 Å². The zero-order valence-corrected chi connectivity index (χ0v) is 9.99. The molecule has 0 aliphatic rings. The SMILES string of the molecule is CC(=O)C(c1nc2ccccc2s1)C(C)O. The Morgan fingerprint density at radius 3 is 2.69 bits per heavy atom. The van der Waals surface area contributed by atoms with Crippen LogP contribution in [0.3, 0.4) is 0 Å². The van der Waals surface area contributed by atoms with Gasteiger partial charge >= 0.3 is 0 Å². The molecule has 0 saturated heterocycles. The number of rotatable bonds is 3. The van der Waals surface area contributed by atoms with E-state index in [0.717, 1.165) is 10.2 Å². The average molecular weight is 235 g/mol. The minimum atomic E-state index is -0.696. The van der Waals surface area contributed by atoms with E-state index in [1.54, 1.807) is 6.92 Å². The molecule has 1 heterocycles. The predicted molar refractivity (Wildman–Crippen MR) is 64.7 cm³/mol. The normalized spacial score (nSPS) is 14.9. The monoisotopic (exact) mass is 235 g/mol. The fraction of sp³-hybridized carbons (Fsp3) is 0.333. The molecular formula is C12H13NO2S. The number of thiazole rings is 1. The summed E-state index contributed by atoms with van der Waals surface area (Å²) in [5.41, 5.74) is 0.884. The lowest BCUT2D eigenvalue weighted by atomic mass is 10.0. The largest absolute Gasteiger partial charge is 0.392 e. The van der Waals surface area contributed by atoms with Crippen LogP contribution in [0.25, 0.3) is 10.2 Å². The van der Waals surface area contributed by atoms with Gasteiger partial charge in [-0.3, -0.25) is 4.79 Å². The third-order valence-corrected chi connectivity index (χ3v) is 3.62. The second kappa shape index (κ2) is 4.31. The minimum Gasteiger partial charge on any atom is -0.392 e. The molecule has 0 fully saturated rings. The highest BCUT2D eigenvalue weighted by molar-refractivity contribution is 7.18. The van der Waals surface area contributed by atoms with Gasteiger partial charge in [-0.15, -0.1) is 11.3 Å². The van der Waals surface area contributed by atoms with E-state index >= 15 is 0 Å². The van der Waals surface area contributed by atoms with Crippen LogP contribution in [0.4, 0.5) is 0 Å². The van der Waals surface area contributed by atoms with Crippen molar-refractivity contribution in [1.29, 1.82) is 0 Å². The molecule has 0 saturated carbocycles. The number of nitrogens with zero attached hydrogens (tertiary/aromatic N) is 1. The first kappa shape index (κ1) is 11.2. The van der Waals surface area contributed by atoms with Crippen LogP contribution in [0.5, 0.6) is 0 Å². The third kappa shape index (κ3) is 1.99. The molecule has 0 aliphatic heterocycles. The van der Waals surface area contributed by atoms with Crippen molar-refractivity contribution in [2.45, 2.75) is 25.9 Å². The van der Waals surface area contributed by atoms with Crippen LogP contribution in [0.2, 0.25) is 0 Å². The van der Waals surface area contributed by atoms with Gasteiger partial charge in [-0.25, -0.2) is 4.98 Å². The van der Waals surface area contributed by atoms with E-state index in [9.17, 15) is 9.90 Å². The van der Waals surface area contributed by atoms with Gasteiger partial charge in [0.2, 0.25) is 0 Å². The van der Waals surface area contributed by atoms with Crippen molar-refractivity contribution in [1.82, 2.24) is 4.98 Å². The smallest absolute Gasteiger partial charge is 0.142 e. The van der Waals surface area contributed by atoms with Crippen molar-refractivity contribution in [3.8, 4) is 0 Å². The van der Waals surface area contributed by atoms with E-state index in [0.29, 0.717) is 5.01 Å². The Hall–Kier alpha value is -1.26. The lowest BCUT2D eigenvalue weighted by Gasteiger charge is -2.13. The van der Waals surface area contributed by atoms with Crippen molar-refractivity contribution in [2.24, 2.45) is 0 Å². The number of carbonyl (C=O) groups is 1. The van der Waals surface area contributed by atoms with Crippen LogP contribution < -0.4 is 0 Å². The number of aromatic nitrogens is 1. The third-order valence-electron chi connectivity index (χ3n) is 2.50. The van der Waals surface area contributed by atoms with Crippen LogP contribution in [-0.4, -0.2) is 22.0 Å². The molecule has 0 bridgehead atoms. The highest BCUT2D eigenvalue weighted by Gasteiger charge is 2.25.